The number of likely N-dealkylation sites (tertiary alicyclic amines) is 1. The second kappa shape index (κ2) is 11.7. The Kier molecular flexibility index (Phi) is 8.17. The van der Waals surface area contributed by atoms with E-state index in [2.05, 4.69) is 15.3 Å². The van der Waals surface area contributed by atoms with Gasteiger partial charge < -0.3 is 25.6 Å². The van der Waals surface area contributed by atoms with Crippen molar-refractivity contribution in [3.63, 3.8) is 0 Å². The molecule has 0 radical (unpaired) electrons. The van der Waals surface area contributed by atoms with Gasteiger partial charge in [-0.3, -0.25) is 4.39 Å². The van der Waals surface area contributed by atoms with Gasteiger partial charge in [0.25, 0.3) is 0 Å². The summed E-state index contributed by atoms with van der Waals surface area (Å²) in [6, 6.07) is 2.33. The van der Waals surface area contributed by atoms with Crippen molar-refractivity contribution in [1.29, 1.82) is 5.26 Å². The lowest BCUT2D eigenvalue weighted by Gasteiger charge is -2.43. The number of halogens is 7. The first-order valence-corrected chi connectivity index (χ1v) is 14.9. The summed E-state index contributed by atoms with van der Waals surface area (Å²) in [6.07, 6.45) is -3.12. The van der Waals surface area contributed by atoms with Gasteiger partial charge >= 0.3 is 12.2 Å². The molecule has 0 spiro atoms. The Hall–Kier alpha value is -3.90. The summed E-state index contributed by atoms with van der Waals surface area (Å²) >= 11 is 0. The largest absolute Gasteiger partial charge is 0.463 e. The van der Waals surface area contributed by atoms with Crippen LogP contribution in [0.3, 0.4) is 0 Å². The maximum absolute atomic E-state index is 16.6. The van der Waals surface area contributed by atoms with Gasteiger partial charge in [0, 0.05) is 48.1 Å². The van der Waals surface area contributed by atoms with Gasteiger partial charge in [-0.05, 0) is 50.9 Å². The second-order valence-electron chi connectivity index (χ2n) is 12.8. The van der Waals surface area contributed by atoms with Gasteiger partial charge in [0.2, 0.25) is 0 Å². The zero-order valence-electron chi connectivity index (χ0n) is 25.1. The van der Waals surface area contributed by atoms with E-state index in [-0.39, 0.29) is 41.8 Å². The van der Waals surface area contributed by atoms with E-state index in [0.29, 0.717) is 38.7 Å². The Morgan fingerprint density at radius 3 is 2.41 bits per heavy atom. The van der Waals surface area contributed by atoms with E-state index in [9.17, 15) is 27.2 Å². The number of hydrogen-bond donors (Lipinski definition) is 2. The molecule has 4 atom stereocenters. The molecule has 0 amide bonds. The van der Waals surface area contributed by atoms with Gasteiger partial charge in [0.1, 0.15) is 34.6 Å². The summed E-state index contributed by atoms with van der Waals surface area (Å²) in [5.74, 6) is -5.19. The molecule has 46 heavy (non-hydrogen) atoms. The molecule has 3 saturated heterocycles. The molecule has 6 rings (SSSR count). The van der Waals surface area contributed by atoms with Gasteiger partial charge in [-0.25, -0.2) is 13.2 Å². The maximum atomic E-state index is 16.6. The number of alkyl halides is 4. The van der Waals surface area contributed by atoms with Crippen LogP contribution in [0.15, 0.2) is 12.1 Å². The fraction of sp³-hybridized carbons (Fsp3) is 0.516. The number of nitrogen functional groups attached to an aromatic ring is 1. The molecule has 3 aliphatic rings. The Morgan fingerprint density at radius 2 is 1.78 bits per heavy atom. The lowest BCUT2D eigenvalue weighted by molar-refractivity contribution is -0.139. The number of hydrogen-bond acceptors (Lipinski definition) is 8. The number of nitrogens with zero attached hydrogens (tertiary/aromatic N) is 5. The van der Waals surface area contributed by atoms with Crippen molar-refractivity contribution < 1.29 is 35.5 Å². The molecule has 15 heteroatoms. The zero-order chi connectivity index (χ0) is 33.1. The topological polar surface area (TPSA) is 103 Å². The second-order valence-corrected chi connectivity index (χ2v) is 12.8. The Bertz CT molecular complexity index is 1720. The third-order valence-electron chi connectivity index (χ3n) is 9.51. The number of benzene rings is 2. The molecule has 1 aromatic heterocycles. The first kappa shape index (κ1) is 32.1. The monoisotopic (exact) mass is 651 g/mol. The van der Waals surface area contributed by atoms with Crippen LogP contribution in [0.4, 0.5) is 42.2 Å². The summed E-state index contributed by atoms with van der Waals surface area (Å²) in [7, 11) is 1.89. The highest BCUT2D eigenvalue weighted by molar-refractivity contribution is 5.95. The smallest absolute Gasteiger partial charge is 0.419 e. The molecule has 3 aromatic rings. The molecule has 0 aliphatic carbocycles. The van der Waals surface area contributed by atoms with Crippen molar-refractivity contribution in [2.45, 2.75) is 44.4 Å². The summed E-state index contributed by atoms with van der Waals surface area (Å²) in [5, 5.41) is 13.0. The third-order valence-corrected chi connectivity index (χ3v) is 9.51. The zero-order valence-corrected chi connectivity index (χ0v) is 25.1. The average Bonchev–Trinajstić information content (AvgIpc) is 3.32. The molecule has 3 N–H and O–H groups in total. The van der Waals surface area contributed by atoms with Gasteiger partial charge in [-0.15, -0.1) is 0 Å². The van der Waals surface area contributed by atoms with E-state index in [0.717, 1.165) is 18.9 Å². The highest BCUT2D eigenvalue weighted by atomic mass is 19.4. The molecule has 246 valence electrons. The Labute approximate surface area is 260 Å². The minimum absolute atomic E-state index is 0.0589. The van der Waals surface area contributed by atoms with Crippen LogP contribution >= 0.6 is 0 Å². The summed E-state index contributed by atoms with van der Waals surface area (Å²) in [6.45, 7) is 3.25. The van der Waals surface area contributed by atoms with Crippen LogP contribution in [0.5, 0.6) is 6.01 Å². The minimum atomic E-state index is -5.44. The molecule has 0 unspecified atom stereocenters. The summed E-state index contributed by atoms with van der Waals surface area (Å²) < 4.78 is 110. The summed E-state index contributed by atoms with van der Waals surface area (Å²) in [5.41, 5.74) is -1.98. The number of rotatable bonds is 6. The van der Waals surface area contributed by atoms with Gasteiger partial charge in [0.05, 0.1) is 30.1 Å². The molecule has 8 nitrogen and oxygen atoms in total. The molecular formula is C31H32F7N7O. The van der Waals surface area contributed by atoms with Crippen molar-refractivity contribution in [3.05, 3.63) is 40.7 Å². The van der Waals surface area contributed by atoms with Crippen LogP contribution in [0.2, 0.25) is 0 Å². The number of anilines is 2. The highest BCUT2D eigenvalue weighted by Crippen LogP contribution is 2.46. The number of nitrogens with two attached hydrogens (primary N) is 1. The van der Waals surface area contributed by atoms with Crippen LogP contribution in [-0.2, 0) is 6.18 Å². The van der Waals surface area contributed by atoms with E-state index in [1.807, 2.05) is 23.8 Å². The quantitative estimate of drug-likeness (QED) is 0.269. The van der Waals surface area contributed by atoms with E-state index >= 15 is 8.78 Å². The molecule has 0 saturated carbocycles. The first-order chi connectivity index (χ1) is 21.7. The fourth-order valence-electron chi connectivity index (χ4n) is 7.19. The molecule has 3 fully saturated rings. The number of piperidine rings is 1. The highest BCUT2D eigenvalue weighted by Gasteiger charge is 2.43. The Morgan fingerprint density at radius 1 is 1.09 bits per heavy atom. The van der Waals surface area contributed by atoms with Crippen LogP contribution in [0.25, 0.3) is 22.0 Å². The number of aromatic nitrogens is 2. The van der Waals surface area contributed by atoms with E-state index < -0.39 is 69.2 Å². The fourth-order valence-corrected chi connectivity index (χ4v) is 7.19. The molecule has 2 bridgehead atoms. The predicted molar refractivity (Wildman–Crippen MR) is 156 cm³/mol. The number of nitrogens with one attached hydrogen (secondary N) is 1. The van der Waals surface area contributed by atoms with Crippen molar-refractivity contribution in [2.24, 2.45) is 11.3 Å². The van der Waals surface area contributed by atoms with Gasteiger partial charge in [-0.1, -0.05) is 6.92 Å². The number of ether oxygens (including phenoxy) is 1. The number of piperazine rings is 1. The standard InChI is InChI=1S/C31H32F7N7O/c1-30(13-44(2)6-5-15(30)9-32)14-46-29-42-27-18(28(43-29)45-11-16-3-4-17(12-45)41-16)7-20(33)24(26(27)35)23-19(10-39)22(40)8-21(34)25(23)31(36,37)38/h7-8,15-17,41H,3-6,9,11-14,40H2,1-2H3/t15-,16-,17+,30+/m1/s1. The van der Waals surface area contributed by atoms with Gasteiger partial charge in [-0.2, -0.15) is 28.4 Å². The molecule has 2 aromatic carbocycles. The van der Waals surface area contributed by atoms with E-state index in [1.54, 1.807) is 0 Å². The molecule has 3 aliphatic heterocycles. The van der Waals surface area contributed by atoms with Crippen molar-refractivity contribution in [2.75, 3.05) is 57.1 Å². The Balaban J connectivity index is 1.55. The molecular weight excluding hydrogens is 619 g/mol. The van der Waals surface area contributed by atoms with E-state index in [1.165, 1.54) is 6.07 Å². The third kappa shape index (κ3) is 5.55. The van der Waals surface area contributed by atoms with Crippen molar-refractivity contribution >= 4 is 22.4 Å². The van der Waals surface area contributed by atoms with E-state index in [4.69, 9.17) is 10.5 Å². The minimum Gasteiger partial charge on any atom is -0.463 e. The SMILES string of the molecule is CN1CC[C@H](CF)[C@](C)(COc2nc(N3C[C@H]4CC[C@@H](C3)N4)c3cc(F)c(-c4c(C#N)c(N)cc(F)c4C(F)(F)F)c(F)c3n2)C1. The van der Waals surface area contributed by atoms with Crippen LogP contribution < -0.4 is 20.7 Å². The lowest BCUT2D eigenvalue weighted by Crippen LogP contribution is -2.51. The van der Waals surface area contributed by atoms with Gasteiger partial charge in [0.15, 0.2) is 5.82 Å². The lowest BCUT2D eigenvalue weighted by atomic mass is 9.73. The van der Waals surface area contributed by atoms with Crippen LogP contribution in [0.1, 0.15) is 37.3 Å². The number of nitriles is 1. The normalized spacial score (nSPS) is 25.2. The number of fused-ring (bicyclic) bond motifs is 3. The van der Waals surface area contributed by atoms with Crippen LogP contribution in [0, 0.1) is 40.1 Å². The van der Waals surface area contributed by atoms with Crippen molar-refractivity contribution in [1.82, 2.24) is 20.2 Å². The average molecular weight is 652 g/mol. The van der Waals surface area contributed by atoms with Crippen LogP contribution in [-0.4, -0.2) is 73.5 Å². The molecule has 4 heterocycles. The summed E-state index contributed by atoms with van der Waals surface area (Å²) in [4.78, 5) is 12.5. The first-order valence-electron chi connectivity index (χ1n) is 14.9. The predicted octanol–water partition coefficient (Wildman–Crippen LogP) is 5.43. The van der Waals surface area contributed by atoms with Crippen molar-refractivity contribution in [3.8, 4) is 23.2 Å². The maximum Gasteiger partial charge on any atom is 0.419 e.